The van der Waals surface area contributed by atoms with Crippen LogP contribution in [0.1, 0.15) is 83.0 Å². The van der Waals surface area contributed by atoms with E-state index in [9.17, 15) is 0 Å². The van der Waals surface area contributed by atoms with Crippen molar-refractivity contribution in [1.29, 1.82) is 0 Å². The molecule has 0 aromatic heterocycles. The van der Waals surface area contributed by atoms with E-state index in [4.69, 9.17) is 4.99 Å². The van der Waals surface area contributed by atoms with Gasteiger partial charge in [0.15, 0.2) is 0 Å². The molecule has 0 aliphatic heterocycles. The van der Waals surface area contributed by atoms with Crippen LogP contribution >= 0.6 is 0 Å². The third-order valence-electron chi connectivity index (χ3n) is 4.80. The molecule has 0 spiro atoms. The van der Waals surface area contributed by atoms with E-state index >= 15 is 0 Å². The molecule has 2 aromatic carbocycles. The topological polar surface area (TPSA) is 24.4 Å². The average Bonchev–Trinajstić information content (AvgIpc) is 2.61. The summed E-state index contributed by atoms with van der Waals surface area (Å²) in [4.78, 5) is 4.84. The fraction of sp³-hybridized carbons (Fsp3) is 0.400. The van der Waals surface area contributed by atoms with Gasteiger partial charge in [-0.05, 0) is 55.4 Å². The van der Waals surface area contributed by atoms with E-state index in [1.165, 1.54) is 22.4 Å². The first-order chi connectivity index (χ1) is 12.8. The van der Waals surface area contributed by atoms with E-state index in [1.807, 2.05) is 6.07 Å². The minimum absolute atomic E-state index is 0.157. The van der Waals surface area contributed by atoms with Gasteiger partial charge in [0.2, 0.25) is 0 Å². The summed E-state index contributed by atoms with van der Waals surface area (Å²) >= 11 is 0. The molecule has 0 fully saturated rings. The number of nitrogens with zero attached hydrogens (tertiary/aromatic N) is 1. The number of rotatable bonds is 7. The molecule has 0 saturated carbocycles. The van der Waals surface area contributed by atoms with Crippen LogP contribution in [0, 0.1) is 0 Å². The summed E-state index contributed by atoms with van der Waals surface area (Å²) < 4.78 is 0. The third-order valence-corrected chi connectivity index (χ3v) is 4.80. The first-order valence-corrected chi connectivity index (χ1v) is 9.97. The van der Waals surface area contributed by atoms with Crippen LogP contribution < -0.4 is 5.32 Å². The van der Waals surface area contributed by atoms with Gasteiger partial charge in [-0.1, -0.05) is 76.2 Å². The second-order valence-electron chi connectivity index (χ2n) is 7.93. The highest BCUT2D eigenvalue weighted by molar-refractivity contribution is 5.94. The van der Waals surface area contributed by atoms with Gasteiger partial charge in [0.25, 0.3) is 0 Å². The first-order valence-electron chi connectivity index (χ1n) is 9.97. The quantitative estimate of drug-likeness (QED) is 0.507. The van der Waals surface area contributed by atoms with Crippen LogP contribution in [0.4, 0.5) is 5.69 Å². The predicted molar refractivity (Wildman–Crippen MR) is 120 cm³/mol. The highest BCUT2D eigenvalue weighted by Crippen LogP contribution is 2.33. The molecule has 1 N–H and O–H groups in total. The molecular formula is C25H34N2. The molecule has 2 rings (SSSR count). The van der Waals surface area contributed by atoms with Crippen LogP contribution in [0.2, 0.25) is 0 Å². The zero-order valence-electron chi connectivity index (χ0n) is 17.9. The van der Waals surface area contributed by atoms with Crippen molar-refractivity contribution in [3.8, 4) is 0 Å². The molecule has 2 aromatic rings. The fourth-order valence-corrected chi connectivity index (χ4v) is 3.39. The summed E-state index contributed by atoms with van der Waals surface area (Å²) in [6.45, 7) is 15.3. The largest absolute Gasteiger partial charge is 0.359 e. The minimum Gasteiger partial charge on any atom is -0.359 e. The molecule has 1 atom stereocenters. The fourth-order valence-electron chi connectivity index (χ4n) is 3.39. The summed E-state index contributed by atoms with van der Waals surface area (Å²) in [7, 11) is 0. The molecule has 144 valence electrons. The van der Waals surface area contributed by atoms with E-state index < -0.39 is 0 Å². The van der Waals surface area contributed by atoms with Crippen molar-refractivity contribution in [1.82, 2.24) is 0 Å². The summed E-state index contributed by atoms with van der Waals surface area (Å²) in [5.41, 5.74) is 7.36. The predicted octanol–water partition coefficient (Wildman–Crippen LogP) is 7.47. The maximum Gasteiger partial charge on any atom is 0.0724 e. The number of allylic oxidation sites excluding steroid dienone is 2. The Balaban J connectivity index is 2.26. The molecule has 0 amide bonds. The van der Waals surface area contributed by atoms with Gasteiger partial charge in [0, 0.05) is 17.1 Å². The smallest absolute Gasteiger partial charge is 0.0724 e. The zero-order valence-corrected chi connectivity index (χ0v) is 17.9. The van der Waals surface area contributed by atoms with Gasteiger partial charge in [0.05, 0.1) is 6.04 Å². The van der Waals surface area contributed by atoms with Crippen molar-refractivity contribution in [2.75, 3.05) is 5.32 Å². The van der Waals surface area contributed by atoms with Crippen molar-refractivity contribution in [2.45, 2.75) is 66.3 Å². The van der Waals surface area contributed by atoms with Crippen molar-refractivity contribution in [3.63, 3.8) is 0 Å². The van der Waals surface area contributed by atoms with Gasteiger partial charge < -0.3 is 5.32 Å². The summed E-state index contributed by atoms with van der Waals surface area (Å²) in [6, 6.07) is 17.2. The second kappa shape index (κ2) is 9.55. The Kier molecular flexibility index (Phi) is 7.41. The molecule has 0 aliphatic rings. The second-order valence-corrected chi connectivity index (χ2v) is 7.93. The van der Waals surface area contributed by atoms with Crippen LogP contribution in [0.15, 0.2) is 65.3 Å². The molecule has 0 saturated heterocycles. The number of aliphatic imine (C=N–C) groups is 1. The van der Waals surface area contributed by atoms with Gasteiger partial charge in [-0.3, -0.25) is 4.99 Å². The Bertz CT molecular complexity index is 772. The Morgan fingerprint density at radius 1 is 0.815 bits per heavy atom. The number of anilines is 1. The molecule has 27 heavy (non-hydrogen) atoms. The Labute approximate surface area is 165 Å². The van der Waals surface area contributed by atoms with Gasteiger partial charge in [-0.15, -0.1) is 0 Å². The SMILES string of the molecule is CC(/C=C(/C)Nc1c(C(C)C)cccc1C(C)C)=N[C@@H](C)c1ccccc1. The standard InChI is InChI=1S/C25H34N2/c1-17(2)23-14-11-15-24(18(3)4)25(23)27-20(6)16-19(5)26-21(7)22-12-9-8-10-13-22/h8-18,21,27H,1-7H3/b20-16-,26-19?/t21-/m0/s1. The highest BCUT2D eigenvalue weighted by atomic mass is 14.9. The molecular weight excluding hydrogens is 328 g/mol. The third kappa shape index (κ3) is 5.82. The van der Waals surface area contributed by atoms with Crippen LogP contribution in [0.5, 0.6) is 0 Å². The molecule has 0 unspecified atom stereocenters. The summed E-state index contributed by atoms with van der Waals surface area (Å²) in [5.74, 6) is 0.957. The Morgan fingerprint density at radius 2 is 1.37 bits per heavy atom. The van der Waals surface area contributed by atoms with Crippen molar-refractivity contribution < 1.29 is 0 Å². The van der Waals surface area contributed by atoms with Gasteiger partial charge in [0.1, 0.15) is 0 Å². The van der Waals surface area contributed by atoms with Crippen molar-refractivity contribution >= 4 is 11.4 Å². The van der Waals surface area contributed by atoms with Crippen LogP contribution in [-0.2, 0) is 0 Å². The summed E-state index contributed by atoms with van der Waals surface area (Å²) in [5, 5.41) is 3.67. The van der Waals surface area contributed by atoms with Crippen LogP contribution in [-0.4, -0.2) is 5.71 Å². The number of hydrogen-bond acceptors (Lipinski definition) is 2. The number of hydrogen-bond donors (Lipinski definition) is 1. The molecule has 2 heteroatoms. The van der Waals surface area contributed by atoms with Crippen LogP contribution in [0.25, 0.3) is 0 Å². The minimum atomic E-state index is 0.157. The lowest BCUT2D eigenvalue weighted by Gasteiger charge is -2.21. The van der Waals surface area contributed by atoms with Gasteiger partial charge in [-0.2, -0.15) is 0 Å². The van der Waals surface area contributed by atoms with Crippen molar-refractivity contribution in [3.05, 3.63) is 77.0 Å². The molecule has 0 bridgehead atoms. The number of benzene rings is 2. The lowest BCUT2D eigenvalue weighted by atomic mass is 9.92. The lowest BCUT2D eigenvalue weighted by molar-refractivity contribution is 0.820. The molecule has 2 nitrogen and oxygen atoms in total. The lowest BCUT2D eigenvalue weighted by Crippen LogP contribution is -2.07. The Hall–Kier alpha value is -2.35. The monoisotopic (exact) mass is 362 g/mol. The van der Waals surface area contributed by atoms with E-state index in [1.54, 1.807) is 0 Å². The maximum atomic E-state index is 4.84. The van der Waals surface area contributed by atoms with E-state index in [2.05, 4.69) is 102 Å². The Morgan fingerprint density at radius 3 is 1.89 bits per heavy atom. The zero-order chi connectivity index (χ0) is 20.0. The van der Waals surface area contributed by atoms with E-state index in [0.29, 0.717) is 11.8 Å². The van der Waals surface area contributed by atoms with E-state index in [-0.39, 0.29) is 6.04 Å². The molecule has 0 aliphatic carbocycles. The van der Waals surface area contributed by atoms with E-state index in [0.717, 1.165) is 11.4 Å². The highest BCUT2D eigenvalue weighted by Gasteiger charge is 2.13. The van der Waals surface area contributed by atoms with Crippen LogP contribution in [0.3, 0.4) is 0 Å². The van der Waals surface area contributed by atoms with Gasteiger partial charge >= 0.3 is 0 Å². The van der Waals surface area contributed by atoms with Crippen molar-refractivity contribution in [2.24, 2.45) is 4.99 Å². The number of para-hydroxylation sites is 1. The first kappa shape index (κ1) is 21.0. The van der Waals surface area contributed by atoms with Gasteiger partial charge in [-0.25, -0.2) is 0 Å². The molecule has 0 radical (unpaired) electrons. The normalized spacial score (nSPS) is 14.0. The number of nitrogens with one attached hydrogen (secondary N) is 1. The maximum absolute atomic E-state index is 4.84. The average molecular weight is 363 g/mol. The molecule has 0 heterocycles. The summed E-state index contributed by atoms with van der Waals surface area (Å²) in [6.07, 6.45) is 2.14.